The quantitative estimate of drug-likeness (QED) is 0.585. The van der Waals surface area contributed by atoms with Gasteiger partial charge in [0.05, 0.1) is 12.6 Å². The van der Waals surface area contributed by atoms with E-state index in [-0.39, 0.29) is 18.0 Å². The average Bonchev–Trinajstić information content (AvgIpc) is 3.23. The molecule has 1 aliphatic rings. The van der Waals surface area contributed by atoms with E-state index in [1.165, 1.54) is 16.7 Å². The Hall–Kier alpha value is -2.95. The van der Waals surface area contributed by atoms with Gasteiger partial charge in [-0.15, -0.1) is 0 Å². The summed E-state index contributed by atoms with van der Waals surface area (Å²) in [6.07, 6.45) is 0.999. The first kappa shape index (κ1) is 21.3. The summed E-state index contributed by atoms with van der Waals surface area (Å²) in [6, 6.07) is 29.5. The van der Waals surface area contributed by atoms with Crippen LogP contribution in [0.4, 0.5) is 0 Å². The van der Waals surface area contributed by atoms with Crippen LogP contribution in [-0.4, -0.2) is 36.5 Å². The fraction of sp³-hybridized carbons (Fsp3) is 0.296. The zero-order valence-corrected chi connectivity index (χ0v) is 18.1. The molecule has 3 aromatic carbocycles. The van der Waals surface area contributed by atoms with Gasteiger partial charge in [0.2, 0.25) is 5.91 Å². The van der Waals surface area contributed by atoms with Gasteiger partial charge in [0.1, 0.15) is 0 Å². The van der Waals surface area contributed by atoms with Gasteiger partial charge in [-0.25, -0.2) is 0 Å². The molecular weight excluding hydrogens is 382 g/mol. The van der Waals surface area contributed by atoms with Crippen LogP contribution in [0.2, 0.25) is 0 Å². The second-order valence-corrected chi connectivity index (χ2v) is 8.41. The summed E-state index contributed by atoms with van der Waals surface area (Å²) >= 11 is 0. The molecule has 1 aliphatic heterocycles. The lowest BCUT2D eigenvalue weighted by atomic mass is 9.98. The summed E-state index contributed by atoms with van der Waals surface area (Å²) in [6.45, 7) is 5.24. The number of nitrogens with one attached hydrogen (secondary N) is 2. The number of aryl methyl sites for hydroxylation is 1. The molecule has 0 spiro atoms. The van der Waals surface area contributed by atoms with E-state index in [0.717, 1.165) is 31.6 Å². The van der Waals surface area contributed by atoms with Gasteiger partial charge in [0.25, 0.3) is 0 Å². The van der Waals surface area contributed by atoms with Gasteiger partial charge >= 0.3 is 0 Å². The molecule has 0 aromatic heterocycles. The van der Waals surface area contributed by atoms with Crippen LogP contribution >= 0.6 is 0 Å². The molecule has 2 atom stereocenters. The summed E-state index contributed by atoms with van der Waals surface area (Å²) in [4.78, 5) is 15.1. The van der Waals surface area contributed by atoms with Crippen molar-refractivity contribution in [2.24, 2.45) is 0 Å². The molecule has 0 bridgehead atoms. The van der Waals surface area contributed by atoms with Crippen molar-refractivity contribution in [2.45, 2.75) is 32.0 Å². The third-order valence-corrected chi connectivity index (χ3v) is 5.90. The van der Waals surface area contributed by atoms with E-state index in [0.29, 0.717) is 6.54 Å². The highest BCUT2D eigenvalue weighted by Gasteiger charge is 2.24. The van der Waals surface area contributed by atoms with Crippen LogP contribution < -0.4 is 10.6 Å². The van der Waals surface area contributed by atoms with Gasteiger partial charge in [-0.1, -0.05) is 90.5 Å². The lowest BCUT2D eigenvalue weighted by molar-refractivity contribution is -0.120. The fourth-order valence-electron chi connectivity index (χ4n) is 4.24. The van der Waals surface area contributed by atoms with Gasteiger partial charge in [0.15, 0.2) is 0 Å². The Morgan fingerprint density at radius 1 is 0.935 bits per heavy atom. The first-order valence-electron chi connectivity index (χ1n) is 11.1. The summed E-state index contributed by atoms with van der Waals surface area (Å²) < 4.78 is 0. The number of rotatable bonds is 8. The van der Waals surface area contributed by atoms with Gasteiger partial charge in [-0.05, 0) is 30.0 Å². The summed E-state index contributed by atoms with van der Waals surface area (Å²) in [7, 11) is 0. The number of carbonyl (C=O) groups is 1. The van der Waals surface area contributed by atoms with Crippen LogP contribution in [0.1, 0.15) is 34.7 Å². The Morgan fingerprint density at radius 3 is 2.29 bits per heavy atom. The molecule has 4 heteroatoms. The number of hydrogen-bond acceptors (Lipinski definition) is 3. The summed E-state index contributed by atoms with van der Waals surface area (Å²) in [5.74, 6) is 0.0552. The van der Waals surface area contributed by atoms with Crippen molar-refractivity contribution in [2.75, 3.05) is 19.6 Å². The molecule has 1 amide bonds. The predicted octanol–water partition coefficient (Wildman–Crippen LogP) is 4.06. The van der Waals surface area contributed by atoms with Crippen LogP contribution in [0.5, 0.6) is 0 Å². The molecule has 0 saturated carbocycles. The molecule has 160 valence electrons. The minimum absolute atomic E-state index is 0.00860. The van der Waals surface area contributed by atoms with Gasteiger partial charge in [0, 0.05) is 25.7 Å². The molecule has 1 heterocycles. The molecule has 2 N–H and O–H groups in total. The van der Waals surface area contributed by atoms with Crippen LogP contribution in [0.15, 0.2) is 84.9 Å². The second kappa shape index (κ2) is 10.4. The van der Waals surface area contributed by atoms with Crippen molar-refractivity contribution in [3.8, 4) is 0 Å². The van der Waals surface area contributed by atoms with Crippen molar-refractivity contribution < 1.29 is 4.79 Å². The Balaban J connectivity index is 1.31. The number of amides is 1. The molecule has 1 saturated heterocycles. The molecular formula is C27H31N3O. The van der Waals surface area contributed by atoms with Crippen molar-refractivity contribution in [1.29, 1.82) is 0 Å². The van der Waals surface area contributed by atoms with E-state index in [9.17, 15) is 4.79 Å². The van der Waals surface area contributed by atoms with Crippen LogP contribution in [-0.2, 0) is 11.3 Å². The Labute approximate surface area is 185 Å². The van der Waals surface area contributed by atoms with E-state index in [2.05, 4.69) is 83.1 Å². The number of carbonyl (C=O) groups excluding carboxylic acids is 1. The van der Waals surface area contributed by atoms with E-state index in [1.54, 1.807) is 0 Å². The monoisotopic (exact) mass is 413 g/mol. The maximum atomic E-state index is 12.7. The van der Waals surface area contributed by atoms with Gasteiger partial charge < -0.3 is 5.32 Å². The summed E-state index contributed by atoms with van der Waals surface area (Å²) in [5, 5.41) is 6.69. The number of hydrogen-bond donors (Lipinski definition) is 2. The molecule has 4 rings (SSSR count). The highest BCUT2D eigenvalue weighted by atomic mass is 16.2. The van der Waals surface area contributed by atoms with Gasteiger partial charge in [-0.3, -0.25) is 15.0 Å². The number of likely N-dealkylation sites (tertiary alicyclic amines) is 1. The van der Waals surface area contributed by atoms with Crippen molar-refractivity contribution in [1.82, 2.24) is 15.5 Å². The van der Waals surface area contributed by atoms with E-state index in [4.69, 9.17) is 0 Å². The zero-order valence-electron chi connectivity index (χ0n) is 18.1. The van der Waals surface area contributed by atoms with Crippen molar-refractivity contribution in [3.63, 3.8) is 0 Å². The fourth-order valence-corrected chi connectivity index (χ4v) is 4.24. The molecule has 0 aliphatic carbocycles. The predicted molar refractivity (Wildman–Crippen MR) is 126 cm³/mol. The molecule has 0 unspecified atom stereocenters. The Kier molecular flexibility index (Phi) is 7.13. The second-order valence-electron chi connectivity index (χ2n) is 8.41. The average molecular weight is 414 g/mol. The smallest absolute Gasteiger partial charge is 0.234 e. The van der Waals surface area contributed by atoms with Crippen LogP contribution in [0.3, 0.4) is 0 Å². The topological polar surface area (TPSA) is 44.4 Å². The number of benzene rings is 3. The number of nitrogens with zero attached hydrogens (tertiary/aromatic N) is 1. The van der Waals surface area contributed by atoms with E-state index in [1.807, 2.05) is 24.3 Å². The standard InChI is InChI=1S/C27H31N3O/c1-21-12-14-24(15-13-21)27(23-10-6-3-7-11-23)28-18-26(31)29-25-16-17-30(20-25)19-22-8-4-2-5-9-22/h2-15,25,27-28H,16-20H2,1H3,(H,29,31)/t25-,27+/m0/s1. The van der Waals surface area contributed by atoms with Crippen LogP contribution in [0.25, 0.3) is 0 Å². The van der Waals surface area contributed by atoms with Crippen molar-refractivity contribution >= 4 is 5.91 Å². The Bertz CT molecular complexity index is 957. The van der Waals surface area contributed by atoms with E-state index < -0.39 is 0 Å². The molecule has 1 fully saturated rings. The van der Waals surface area contributed by atoms with Gasteiger partial charge in [-0.2, -0.15) is 0 Å². The highest BCUT2D eigenvalue weighted by molar-refractivity contribution is 5.78. The molecule has 3 aromatic rings. The minimum Gasteiger partial charge on any atom is -0.351 e. The SMILES string of the molecule is Cc1ccc([C@H](NCC(=O)N[C@H]2CCN(Cc3ccccc3)C2)c2ccccc2)cc1. The third kappa shape index (κ3) is 6.03. The normalized spacial score (nSPS) is 17.4. The summed E-state index contributed by atoms with van der Waals surface area (Å²) in [5.41, 5.74) is 4.88. The first-order chi connectivity index (χ1) is 15.2. The van der Waals surface area contributed by atoms with Crippen molar-refractivity contribution in [3.05, 3.63) is 107 Å². The minimum atomic E-state index is -0.00860. The van der Waals surface area contributed by atoms with E-state index >= 15 is 0 Å². The maximum absolute atomic E-state index is 12.7. The lowest BCUT2D eigenvalue weighted by Gasteiger charge is -2.21. The van der Waals surface area contributed by atoms with Crippen LogP contribution in [0, 0.1) is 6.92 Å². The largest absolute Gasteiger partial charge is 0.351 e. The highest BCUT2D eigenvalue weighted by Crippen LogP contribution is 2.22. The lowest BCUT2D eigenvalue weighted by Crippen LogP contribution is -2.42. The molecule has 0 radical (unpaired) electrons. The Morgan fingerprint density at radius 2 is 1.58 bits per heavy atom. The maximum Gasteiger partial charge on any atom is 0.234 e. The first-order valence-corrected chi connectivity index (χ1v) is 11.1. The zero-order chi connectivity index (χ0) is 21.5. The molecule has 4 nitrogen and oxygen atoms in total. The third-order valence-electron chi connectivity index (χ3n) is 5.90. The molecule has 31 heavy (non-hydrogen) atoms.